The van der Waals surface area contributed by atoms with Gasteiger partial charge in [-0.3, -0.25) is 4.99 Å². The van der Waals surface area contributed by atoms with Crippen molar-refractivity contribution in [1.82, 2.24) is 10.6 Å². The molecule has 31 heavy (non-hydrogen) atoms. The summed E-state index contributed by atoms with van der Waals surface area (Å²) in [6.45, 7) is 4.67. The molecule has 0 aliphatic rings. The van der Waals surface area contributed by atoms with E-state index >= 15 is 0 Å². The van der Waals surface area contributed by atoms with Gasteiger partial charge in [0.15, 0.2) is 5.96 Å². The Kier molecular flexibility index (Phi) is 12.6. The Morgan fingerprint density at radius 1 is 1.06 bits per heavy atom. The molecule has 0 amide bonds. The van der Waals surface area contributed by atoms with Crippen LogP contribution >= 0.6 is 24.0 Å². The van der Waals surface area contributed by atoms with Gasteiger partial charge < -0.3 is 24.8 Å². The second-order valence-electron chi connectivity index (χ2n) is 6.94. The Morgan fingerprint density at radius 3 is 2.45 bits per heavy atom. The molecule has 2 N–H and O–H groups in total. The van der Waals surface area contributed by atoms with Crippen molar-refractivity contribution in [2.45, 2.75) is 20.1 Å². The minimum absolute atomic E-state index is 0. The molecule has 2 aromatic rings. The summed E-state index contributed by atoms with van der Waals surface area (Å²) in [4.78, 5) is 16.0. The van der Waals surface area contributed by atoms with Crippen molar-refractivity contribution < 1.29 is 19.0 Å². The normalized spacial score (nSPS) is 11.8. The molecule has 0 radical (unpaired) electrons. The molecule has 0 aliphatic heterocycles. The summed E-state index contributed by atoms with van der Waals surface area (Å²) in [5, 5.41) is 6.57. The van der Waals surface area contributed by atoms with Crippen LogP contribution < -0.4 is 15.4 Å². The highest BCUT2D eigenvalue weighted by Crippen LogP contribution is 2.21. The van der Waals surface area contributed by atoms with Crippen LogP contribution in [0.5, 0.6) is 5.75 Å². The Balaban J connectivity index is 0.00000480. The average molecular weight is 541 g/mol. The first-order valence-electron chi connectivity index (χ1n) is 9.88. The van der Waals surface area contributed by atoms with E-state index in [1.807, 2.05) is 30.3 Å². The highest BCUT2D eigenvalue weighted by molar-refractivity contribution is 14.0. The summed E-state index contributed by atoms with van der Waals surface area (Å²) in [7, 11) is 4.61. The number of hydrogen-bond acceptors (Lipinski definition) is 5. The van der Waals surface area contributed by atoms with E-state index in [-0.39, 0.29) is 24.0 Å². The van der Waals surface area contributed by atoms with E-state index in [2.05, 4.69) is 34.7 Å². The van der Waals surface area contributed by atoms with Crippen LogP contribution in [0.25, 0.3) is 0 Å². The molecule has 0 bridgehead atoms. The number of nitrogens with zero attached hydrogens (tertiary/aromatic N) is 1. The highest BCUT2D eigenvalue weighted by Gasteiger charge is 2.13. The molecule has 1 unspecified atom stereocenters. The predicted molar refractivity (Wildman–Crippen MR) is 133 cm³/mol. The Bertz CT molecular complexity index is 831. The molecule has 0 aliphatic carbocycles. The zero-order valence-electron chi connectivity index (χ0n) is 18.5. The Labute approximate surface area is 201 Å². The molecule has 2 aromatic carbocycles. The van der Waals surface area contributed by atoms with Crippen LogP contribution in [-0.2, 0) is 22.6 Å². The first kappa shape index (κ1) is 26.7. The zero-order valence-corrected chi connectivity index (χ0v) is 20.8. The number of halogens is 1. The minimum atomic E-state index is -0.424. The molecule has 0 spiro atoms. The molecule has 0 heterocycles. The van der Waals surface area contributed by atoms with E-state index in [9.17, 15) is 4.79 Å². The van der Waals surface area contributed by atoms with Gasteiger partial charge in [-0.2, -0.15) is 0 Å². The van der Waals surface area contributed by atoms with E-state index in [4.69, 9.17) is 14.2 Å². The fourth-order valence-corrected chi connectivity index (χ4v) is 2.81. The third-order valence-electron chi connectivity index (χ3n) is 4.49. The van der Waals surface area contributed by atoms with Crippen LogP contribution in [0.3, 0.4) is 0 Å². The van der Waals surface area contributed by atoms with Crippen LogP contribution in [0.2, 0.25) is 0 Å². The SMILES string of the molecule is CN=C(NCc1ccc(C(=O)OC)c(OC)c1)NCC(C)COCc1ccccc1.I. The van der Waals surface area contributed by atoms with E-state index in [1.54, 1.807) is 13.1 Å². The summed E-state index contributed by atoms with van der Waals surface area (Å²) < 4.78 is 15.9. The van der Waals surface area contributed by atoms with Gasteiger partial charge in [0.1, 0.15) is 11.3 Å². The lowest BCUT2D eigenvalue weighted by Gasteiger charge is -2.17. The number of hydrogen-bond donors (Lipinski definition) is 2. The number of benzene rings is 2. The molecule has 0 saturated carbocycles. The third-order valence-corrected chi connectivity index (χ3v) is 4.49. The van der Waals surface area contributed by atoms with Crippen molar-refractivity contribution >= 4 is 35.9 Å². The lowest BCUT2D eigenvalue weighted by atomic mass is 10.1. The maximum Gasteiger partial charge on any atom is 0.341 e. The fourth-order valence-electron chi connectivity index (χ4n) is 2.81. The number of esters is 1. The standard InChI is InChI=1S/C23H31N3O4.HI/c1-17(15-30-16-18-8-6-5-7-9-18)13-25-23(24-2)26-14-19-10-11-20(22(27)29-4)21(12-19)28-3;/h5-12,17H,13-16H2,1-4H3,(H2,24,25,26);1H. The molecule has 2 rings (SSSR count). The van der Waals surface area contributed by atoms with E-state index < -0.39 is 5.97 Å². The van der Waals surface area contributed by atoms with Crippen LogP contribution in [-0.4, -0.2) is 46.3 Å². The van der Waals surface area contributed by atoms with Crippen LogP contribution in [0, 0.1) is 5.92 Å². The molecular formula is C23H32IN3O4. The molecule has 0 aromatic heterocycles. The van der Waals surface area contributed by atoms with E-state index in [0.717, 1.165) is 12.1 Å². The fraction of sp³-hybridized carbons (Fsp3) is 0.391. The number of guanidine groups is 1. The van der Waals surface area contributed by atoms with Gasteiger partial charge in [-0.25, -0.2) is 4.79 Å². The van der Waals surface area contributed by atoms with Crippen molar-refractivity contribution in [2.75, 3.05) is 34.4 Å². The maximum atomic E-state index is 11.8. The van der Waals surface area contributed by atoms with Gasteiger partial charge in [0, 0.05) is 20.1 Å². The van der Waals surface area contributed by atoms with Gasteiger partial charge >= 0.3 is 5.97 Å². The van der Waals surface area contributed by atoms with Crippen LogP contribution in [0.1, 0.15) is 28.4 Å². The molecule has 8 heteroatoms. The van der Waals surface area contributed by atoms with Gasteiger partial charge in [-0.1, -0.05) is 43.3 Å². The number of methoxy groups -OCH3 is 2. The molecule has 0 saturated heterocycles. The first-order chi connectivity index (χ1) is 14.6. The number of ether oxygens (including phenoxy) is 3. The van der Waals surface area contributed by atoms with Crippen molar-refractivity contribution in [3.05, 3.63) is 65.2 Å². The summed E-state index contributed by atoms with van der Waals surface area (Å²) in [6.07, 6.45) is 0. The Hall–Kier alpha value is -2.33. The number of carbonyl (C=O) groups is 1. The number of carbonyl (C=O) groups excluding carboxylic acids is 1. The predicted octanol–water partition coefficient (Wildman–Crippen LogP) is 3.62. The van der Waals surface area contributed by atoms with Crippen molar-refractivity contribution in [2.24, 2.45) is 10.9 Å². The summed E-state index contributed by atoms with van der Waals surface area (Å²) in [5.41, 5.74) is 2.53. The third kappa shape index (κ3) is 9.14. The minimum Gasteiger partial charge on any atom is -0.496 e. The number of nitrogens with one attached hydrogen (secondary N) is 2. The Morgan fingerprint density at radius 2 is 1.81 bits per heavy atom. The average Bonchev–Trinajstić information content (AvgIpc) is 2.79. The number of aliphatic imine (C=N–C) groups is 1. The quantitative estimate of drug-likeness (QED) is 0.207. The monoisotopic (exact) mass is 541 g/mol. The molecule has 170 valence electrons. The van der Waals surface area contributed by atoms with Gasteiger partial charge in [0.05, 0.1) is 27.4 Å². The topological polar surface area (TPSA) is 81.2 Å². The van der Waals surface area contributed by atoms with Crippen LogP contribution in [0.4, 0.5) is 0 Å². The van der Waals surface area contributed by atoms with Crippen molar-refractivity contribution in [3.8, 4) is 5.75 Å². The molecular weight excluding hydrogens is 509 g/mol. The summed E-state index contributed by atoms with van der Waals surface area (Å²) in [5.74, 6) is 1.08. The van der Waals surface area contributed by atoms with Gasteiger partial charge in [0.2, 0.25) is 0 Å². The molecule has 0 fully saturated rings. The van der Waals surface area contributed by atoms with E-state index in [1.165, 1.54) is 19.8 Å². The smallest absolute Gasteiger partial charge is 0.341 e. The van der Waals surface area contributed by atoms with Gasteiger partial charge in [0.25, 0.3) is 0 Å². The zero-order chi connectivity index (χ0) is 21.8. The van der Waals surface area contributed by atoms with Crippen LogP contribution in [0.15, 0.2) is 53.5 Å². The molecule has 1 atom stereocenters. The first-order valence-corrected chi connectivity index (χ1v) is 9.88. The largest absolute Gasteiger partial charge is 0.496 e. The summed E-state index contributed by atoms with van der Waals surface area (Å²) in [6, 6.07) is 15.5. The number of rotatable bonds is 10. The second-order valence-corrected chi connectivity index (χ2v) is 6.94. The second kappa shape index (κ2) is 14.6. The lowest BCUT2D eigenvalue weighted by molar-refractivity contribution is 0.0597. The molecule has 7 nitrogen and oxygen atoms in total. The van der Waals surface area contributed by atoms with E-state index in [0.29, 0.717) is 42.9 Å². The lowest BCUT2D eigenvalue weighted by Crippen LogP contribution is -2.39. The van der Waals surface area contributed by atoms with Crippen molar-refractivity contribution in [1.29, 1.82) is 0 Å². The maximum absolute atomic E-state index is 11.8. The van der Waals surface area contributed by atoms with Gasteiger partial charge in [-0.05, 0) is 29.2 Å². The summed E-state index contributed by atoms with van der Waals surface area (Å²) >= 11 is 0. The highest BCUT2D eigenvalue weighted by atomic mass is 127. The van der Waals surface area contributed by atoms with Crippen molar-refractivity contribution in [3.63, 3.8) is 0 Å². The van der Waals surface area contributed by atoms with Gasteiger partial charge in [-0.15, -0.1) is 24.0 Å².